The number of carbonyl (C=O) groups is 1. The number of aromatic nitrogens is 2. The van der Waals surface area contributed by atoms with Gasteiger partial charge >= 0.3 is 0 Å². The van der Waals surface area contributed by atoms with Crippen molar-refractivity contribution in [3.05, 3.63) is 30.1 Å². The molecule has 2 aromatic heterocycles. The van der Waals surface area contributed by atoms with Gasteiger partial charge in [0.15, 0.2) is 14.9 Å². The molecule has 0 aromatic carbocycles. The van der Waals surface area contributed by atoms with Crippen LogP contribution in [0.15, 0.2) is 29.6 Å². The molecule has 0 fully saturated rings. The summed E-state index contributed by atoms with van der Waals surface area (Å²) in [5.41, 5.74) is 5.75. The van der Waals surface area contributed by atoms with E-state index in [1.807, 2.05) is 0 Å². The minimum Gasteiger partial charge on any atom is -0.365 e. The lowest BCUT2D eigenvalue weighted by atomic mass is 10.3. The maximum Gasteiger partial charge on any atom is 0.254 e. The van der Waals surface area contributed by atoms with E-state index >= 15 is 0 Å². The number of nitrogens with one attached hydrogen (secondary N) is 1. The zero-order valence-electron chi connectivity index (χ0n) is 9.82. The lowest BCUT2D eigenvalue weighted by molar-refractivity contribution is 0.0998. The van der Waals surface area contributed by atoms with Crippen LogP contribution in [-0.2, 0) is 9.84 Å². The van der Waals surface area contributed by atoms with E-state index in [1.165, 1.54) is 0 Å². The number of pyridine rings is 1. The summed E-state index contributed by atoms with van der Waals surface area (Å²) in [5.74, 6) is -0.842. The molecule has 0 aliphatic rings. The number of sulfone groups is 1. The van der Waals surface area contributed by atoms with Gasteiger partial charge in [-0.2, -0.15) is 4.37 Å². The third-order valence-electron chi connectivity index (χ3n) is 2.20. The number of nitrogens with two attached hydrogens (primary N) is 1. The lowest BCUT2D eigenvalue weighted by Gasteiger charge is -2.04. The quantitative estimate of drug-likeness (QED) is 0.862. The van der Waals surface area contributed by atoms with Crippen LogP contribution in [0.1, 0.15) is 10.4 Å². The van der Waals surface area contributed by atoms with Gasteiger partial charge in [-0.05, 0) is 23.7 Å². The number of carbonyl (C=O) groups excluding carboxylic acids is 1. The molecule has 2 heterocycles. The number of hydrogen-bond acceptors (Lipinski definition) is 7. The molecule has 0 saturated carbocycles. The normalized spacial score (nSPS) is 11.2. The Balaban J connectivity index is 2.48. The van der Waals surface area contributed by atoms with E-state index in [4.69, 9.17) is 5.73 Å². The minimum absolute atomic E-state index is 0.121. The summed E-state index contributed by atoms with van der Waals surface area (Å²) in [4.78, 5) is 15.3. The van der Waals surface area contributed by atoms with E-state index in [1.54, 1.807) is 24.5 Å². The molecule has 1 amide bonds. The lowest BCUT2D eigenvalue weighted by Crippen LogP contribution is -2.16. The Morgan fingerprint density at radius 2 is 2.00 bits per heavy atom. The summed E-state index contributed by atoms with van der Waals surface area (Å²) in [6.45, 7) is 0. The van der Waals surface area contributed by atoms with Crippen molar-refractivity contribution in [2.45, 2.75) is 5.03 Å². The molecule has 2 rings (SSSR count). The maximum absolute atomic E-state index is 11.5. The minimum atomic E-state index is -3.60. The Hall–Kier alpha value is -2.00. The smallest absolute Gasteiger partial charge is 0.254 e. The van der Waals surface area contributed by atoms with Crippen molar-refractivity contribution in [1.82, 2.24) is 9.36 Å². The van der Waals surface area contributed by atoms with Crippen molar-refractivity contribution in [3.8, 4) is 0 Å². The summed E-state index contributed by atoms with van der Waals surface area (Å²) in [5, 5.41) is 2.88. The molecule has 0 atom stereocenters. The van der Waals surface area contributed by atoms with Gasteiger partial charge in [-0.1, -0.05) is 0 Å². The van der Waals surface area contributed by atoms with Crippen molar-refractivity contribution in [2.75, 3.05) is 11.6 Å². The van der Waals surface area contributed by atoms with Gasteiger partial charge in [-0.25, -0.2) is 8.42 Å². The fourth-order valence-corrected chi connectivity index (χ4v) is 3.41. The molecular formula is C10H10N4O3S2. The maximum atomic E-state index is 11.5. The van der Waals surface area contributed by atoms with Crippen LogP contribution >= 0.6 is 11.5 Å². The number of amides is 1. The van der Waals surface area contributed by atoms with E-state index in [-0.39, 0.29) is 10.6 Å². The van der Waals surface area contributed by atoms with Crippen LogP contribution in [0.25, 0.3) is 0 Å². The molecule has 9 heteroatoms. The highest BCUT2D eigenvalue weighted by molar-refractivity contribution is 7.90. The zero-order chi connectivity index (χ0) is 14.0. The first-order valence-corrected chi connectivity index (χ1v) is 7.72. The summed E-state index contributed by atoms with van der Waals surface area (Å²) in [6.07, 6.45) is 4.10. The van der Waals surface area contributed by atoms with Gasteiger partial charge in [0, 0.05) is 24.3 Å². The molecular weight excluding hydrogens is 288 g/mol. The molecule has 0 saturated heterocycles. The first-order chi connectivity index (χ1) is 8.89. The highest BCUT2D eigenvalue weighted by atomic mass is 32.2. The largest absolute Gasteiger partial charge is 0.365 e. The van der Waals surface area contributed by atoms with Crippen LogP contribution in [0.2, 0.25) is 0 Å². The Labute approximate surface area is 113 Å². The van der Waals surface area contributed by atoms with E-state index in [0.29, 0.717) is 10.7 Å². The Kier molecular flexibility index (Phi) is 3.49. The fraction of sp³-hybridized carbons (Fsp3) is 0.100. The average Bonchev–Trinajstić information content (AvgIpc) is 2.74. The molecule has 0 unspecified atom stereocenters. The van der Waals surface area contributed by atoms with Crippen LogP contribution in [0, 0.1) is 0 Å². The van der Waals surface area contributed by atoms with Gasteiger partial charge in [-0.3, -0.25) is 9.78 Å². The Morgan fingerprint density at radius 1 is 1.37 bits per heavy atom. The number of anilines is 2. The van der Waals surface area contributed by atoms with Crippen molar-refractivity contribution in [1.29, 1.82) is 0 Å². The fourth-order valence-electron chi connectivity index (χ4n) is 1.40. The molecule has 0 spiro atoms. The van der Waals surface area contributed by atoms with Crippen LogP contribution < -0.4 is 11.1 Å². The van der Waals surface area contributed by atoms with Crippen molar-refractivity contribution < 1.29 is 13.2 Å². The summed E-state index contributed by atoms with van der Waals surface area (Å²) < 4.78 is 26.8. The van der Waals surface area contributed by atoms with E-state index in [0.717, 1.165) is 17.8 Å². The molecule has 3 N–H and O–H groups in total. The zero-order valence-corrected chi connectivity index (χ0v) is 11.5. The molecule has 100 valence electrons. The number of hydrogen-bond donors (Lipinski definition) is 2. The second-order valence-electron chi connectivity index (χ2n) is 3.69. The average molecular weight is 298 g/mol. The van der Waals surface area contributed by atoms with E-state index < -0.39 is 15.7 Å². The molecule has 7 nitrogen and oxygen atoms in total. The monoisotopic (exact) mass is 298 g/mol. The van der Waals surface area contributed by atoms with Crippen molar-refractivity contribution >= 4 is 38.0 Å². The highest BCUT2D eigenvalue weighted by Gasteiger charge is 2.25. The number of nitrogens with zero attached hydrogens (tertiary/aromatic N) is 2. The first kappa shape index (κ1) is 13.4. The van der Waals surface area contributed by atoms with Crippen LogP contribution in [-0.4, -0.2) is 29.9 Å². The SMILES string of the molecule is CS(=O)(=O)c1nsc(Nc2ccncc2)c1C(N)=O. The van der Waals surface area contributed by atoms with E-state index in [2.05, 4.69) is 14.7 Å². The predicted octanol–water partition coefficient (Wildman–Crippen LogP) is 0.784. The van der Waals surface area contributed by atoms with Crippen LogP contribution in [0.4, 0.5) is 10.7 Å². The summed E-state index contributed by atoms with van der Waals surface area (Å²) in [7, 11) is -3.60. The highest BCUT2D eigenvalue weighted by Crippen LogP contribution is 2.30. The van der Waals surface area contributed by atoms with Crippen molar-refractivity contribution in [2.24, 2.45) is 5.73 Å². The molecule has 2 aromatic rings. The molecule has 0 radical (unpaired) electrons. The second-order valence-corrected chi connectivity index (χ2v) is 6.39. The van der Waals surface area contributed by atoms with Crippen LogP contribution in [0.5, 0.6) is 0 Å². The number of primary amides is 1. The molecule has 0 aliphatic carbocycles. The summed E-state index contributed by atoms with van der Waals surface area (Å²) in [6, 6.07) is 3.34. The Bertz CT molecular complexity index is 710. The predicted molar refractivity (Wildman–Crippen MR) is 71.3 cm³/mol. The van der Waals surface area contributed by atoms with Crippen molar-refractivity contribution in [3.63, 3.8) is 0 Å². The second kappa shape index (κ2) is 4.94. The summed E-state index contributed by atoms with van der Waals surface area (Å²) >= 11 is 0.865. The molecule has 0 aliphatic heterocycles. The van der Waals surface area contributed by atoms with E-state index in [9.17, 15) is 13.2 Å². The third-order valence-corrected chi connectivity index (χ3v) is 4.07. The van der Waals surface area contributed by atoms with Gasteiger partial charge in [0.1, 0.15) is 10.6 Å². The van der Waals surface area contributed by atoms with Gasteiger partial charge in [-0.15, -0.1) is 0 Å². The topological polar surface area (TPSA) is 115 Å². The first-order valence-electron chi connectivity index (χ1n) is 5.06. The molecule has 19 heavy (non-hydrogen) atoms. The molecule has 0 bridgehead atoms. The standard InChI is InChI=1S/C10H10N4O3S2/c1-19(16,17)10-7(8(11)15)9(18-14-10)13-6-2-4-12-5-3-6/h2-5H,1H3,(H2,11,15)(H,12,13). The third kappa shape index (κ3) is 2.88. The van der Waals surface area contributed by atoms with Gasteiger partial charge in [0.05, 0.1) is 0 Å². The van der Waals surface area contributed by atoms with Gasteiger partial charge in [0.2, 0.25) is 0 Å². The van der Waals surface area contributed by atoms with Crippen LogP contribution in [0.3, 0.4) is 0 Å². The van der Waals surface area contributed by atoms with Gasteiger partial charge in [0.25, 0.3) is 5.91 Å². The number of rotatable bonds is 4. The Morgan fingerprint density at radius 3 is 2.53 bits per heavy atom. The van der Waals surface area contributed by atoms with Gasteiger partial charge < -0.3 is 11.1 Å².